The summed E-state index contributed by atoms with van der Waals surface area (Å²) in [7, 11) is 1.65. The van der Waals surface area contributed by atoms with E-state index in [0.29, 0.717) is 18.6 Å². The van der Waals surface area contributed by atoms with Gasteiger partial charge in [-0.2, -0.15) is 0 Å². The highest BCUT2D eigenvalue weighted by molar-refractivity contribution is 5.86. The van der Waals surface area contributed by atoms with Gasteiger partial charge >= 0.3 is 5.97 Å². The maximum Gasteiger partial charge on any atom is 0.333 e. The van der Waals surface area contributed by atoms with Gasteiger partial charge in [0.2, 0.25) is 0 Å². The second kappa shape index (κ2) is 9.46. The highest BCUT2D eigenvalue weighted by atomic mass is 16.5. The molecule has 23 heavy (non-hydrogen) atoms. The van der Waals surface area contributed by atoms with Crippen molar-refractivity contribution in [2.45, 2.75) is 20.3 Å². The number of allylic oxidation sites excluding steroid dienone is 4. The summed E-state index contributed by atoms with van der Waals surface area (Å²) in [6.07, 6.45) is 6.57. The van der Waals surface area contributed by atoms with Crippen LogP contribution in [0.4, 0.5) is 0 Å². The number of carbonyl (C=O) groups is 1. The van der Waals surface area contributed by atoms with Gasteiger partial charge in [0.15, 0.2) is 0 Å². The van der Waals surface area contributed by atoms with Crippen LogP contribution in [0.5, 0.6) is 5.75 Å². The Bertz CT molecular complexity index is 619. The number of carbonyl (C=O) groups excluding carboxylic acids is 1. The summed E-state index contributed by atoms with van der Waals surface area (Å²) < 4.78 is 10.2. The molecule has 0 radical (unpaired) electrons. The van der Waals surface area contributed by atoms with E-state index in [-0.39, 0.29) is 5.97 Å². The van der Waals surface area contributed by atoms with Gasteiger partial charge in [0.05, 0.1) is 13.7 Å². The van der Waals surface area contributed by atoms with Crippen molar-refractivity contribution in [1.82, 2.24) is 0 Å². The first kappa shape index (κ1) is 18.5. The fraction of sp³-hybridized carbons (Fsp3) is 0.250. The minimum atomic E-state index is -0.367. The SMILES string of the molecule is C=C(/C=C\C(=C/C)c1ccc(OC)cc1)CCOC(=O)C(=C)C. The van der Waals surface area contributed by atoms with Crippen LogP contribution in [0.3, 0.4) is 0 Å². The number of hydrogen-bond acceptors (Lipinski definition) is 3. The first-order valence-corrected chi connectivity index (χ1v) is 7.47. The van der Waals surface area contributed by atoms with Crippen molar-refractivity contribution in [3.63, 3.8) is 0 Å². The molecule has 0 N–H and O–H groups in total. The summed E-state index contributed by atoms with van der Waals surface area (Å²) in [4.78, 5) is 11.3. The molecule has 0 heterocycles. The van der Waals surface area contributed by atoms with Gasteiger partial charge in [-0.25, -0.2) is 4.79 Å². The molecule has 3 heteroatoms. The van der Waals surface area contributed by atoms with E-state index in [4.69, 9.17) is 9.47 Å². The van der Waals surface area contributed by atoms with Gasteiger partial charge in [-0.15, -0.1) is 0 Å². The molecule has 1 aromatic rings. The van der Waals surface area contributed by atoms with E-state index in [1.807, 2.05) is 49.4 Å². The zero-order valence-corrected chi connectivity index (χ0v) is 14.1. The normalized spacial score (nSPS) is 11.3. The van der Waals surface area contributed by atoms with Crippen molar-refractivity contribution in [2.75, 3.05) is 13.7 Å². The minimum absolute atomic E-state index is 0.308. The highest BCUT2D eigenvalue weighted by Crippen LogP contribution is 2.20. The Hall–Kier alpha value is -2.55. The van der Waals surface area contributed by atoms with Gasteiger partial charge in [0.25, 0.3) is 0 Å². The molecule has 0 atom stereocenters. The number of esters is 1. The third kappa shape index (κ3) is 6.39. The van der Waals surface area contributed by atoms with Gasteiger partial charge in [0.1, 0.15) is 5.75 Å². The number of benzene rings is 1. The van der Waals surface area contributed by atoms with E-state index >= 15 is 0 Å². The van der Waals surface area contributed by atoms with Crippen molar-refractivity contribution in [2.24, 2.45) is 0 Å². The predicted molar refractivity (Wildman–Crippen MR) is 95.3 cm³/mol. The molecular formula is C20H24O3. The largest absolute Gasteiger partial charge is 0.497 e. The molecule has 0 aliphatic rings. The van der Waals surface area contributed by atoms with Crippen LogP contribution < -0.4 is 4.74 Å². The Morgan fingerprint density at radius 1 is 1.17 bits per heavy atom. The van der Waals surface area contributed by atoms with Crippen LogP contribution in [0.15, 0.2) is 66.8 Å². The van der Waals surface area contributed by atoms with Crippen molar-refractivity contribution >= 4 is 11.5 Å². The van der Waals surface area contributed by atoms with E-state index in [0.717, 1.165) is 22.5 Å². The van der Waals surface area contributed by atoms with Gasteiger partial charge in [0, 0.05) is 12.0 Å². The molecule has 0 aromatic heterocycles. The Morgan fingerprint density at radius 2 is 1.83 bits per heavy atom. The van der Waals surface area contributed by atoms with E-state index in [1.54, 1.807) is 14.0 Å². The van der Waals surface area contributed by atoms with E-state index < -0.39 is 0 Å². The number of rotatable bonds is 8. The summed E-state index contributed by atoms with van der Waals surface area (Å²) in [6.45, 7) is 11.4. The molecular weight excluding hydrogens is 288 g/mol. The molecule has 0 amide bonds. The second-order valence-electron chi connectivity index (χ2n) is 5.13. The monoisotopic (exact) mass is 312 g/mol. The Labute approximate surface area is 138 Å². The quantitative estimate of drug-likeness (QED) is 0.396. The molecule has 0 saturated heterocycles. The van der Waals surface area contributed by atoms with Crippen molar-refractivity contribution in [1.29, 1.82) is 0 Å². The number of methoxy groups -OCH3 is 1. The number of hydrogen-bond donors (Lipinski definition) is 0. The molecule has 0 bridgehead atoms. The lowest BCUT2D eigenvalue weighted by Gasteiger charge is -2.06. The van der Waals surface area contributed by atoms with E-state index in [9.17, 15) is 4.79 Å². The summed E-state index contributed by atoms with van der Waals surface area (Å²) in [5.74, 6) is 0.464. The van der Waals surface area contributed by atoms with Gasteiger partial charge in [-0.1, -0.05) is 49.1 Å². The summed E-state index contributed by atoms with van der Waals surface area (Å²) in [6, 6.07) is 7.88. The molecule has 3 nitrogen and oxygen atoms in total. The van der Waals surface area contributed by atoms with Crippen LogP contribution in [0.1, 0.15) is 25.8 Å². The molecule has 122 valence electrons. The first-order chi connectivity index (χ1) is 11.0. The minimum Gasteiger partial charge on any atom is -0.497 e. The molecule has 1 rings (SSSR count). The van der Waals surface area contributed by atoms with Crippen molar-refractivity contribution in [3.05, 3.63) is 72.4 Å². The lowest BCUT2D eigenvalue weighted by Crippen LogP contribution is -2.06. The second-order valence-corrected chi connectivity index (χ2v) is 5.13. The zero-order valence-electron chi connectivity index (χ0n) is 14.1. The third-order valence-electron chi connectivity index (χ3n) is 3.24. The molecule has 0 saturated carbocycles. The van der Waals surface area contributed by atoms with Gasteiger partial charge < -0.3 is 9.47 Å². The molecule has 0 spiro atoms. The van der Waals surface area contributed by atoms with Crippen LogP contribution in [0.2, 0.25) is 0 Å². The van der Waals surface area contributed by atoms with Gasteiger partial charge in [-0.05, 0) is 37.1 Å². The topological polar surface area (TPSA) is 35.5 Å². The van der Waals surface area contributed by atoms with E-state index in [1.165, 1.54) is 0 Å². The van der Waals surface area contributed by atoms with Crippen molar-refractivity contribution in [3.8, 4) is 5.75 Å². The fourth-order valence-corrected chi connectivity index (χ4v) is 1.83. The maximum absolute atomic E-state index is 11.3. The lowest BCUT2D eigenvalue weighted by atomic mass is 10.0. The first-order valence-electron chi connectivity index (χ1n) is 7.47. The standard InChI is InChI=1S/C20H24O3/c1-6-17(18-9-11-19(22-5)12-10-18)8-7-16(4)13-14-23-20(21)15(2)3/h6-12H,2,4,13-14H2,1,3,5H3/b8-7-,17-6+. The zero-order chi connectivity index (χ0) is 17.2. The Morgan fingerprint density at radius 3 is 2.35 bits per heavy atom. The van der Waals surface area contributed by atoms with Gasteiger partial charge in [-0.3, -0.25) is 0 Å². The van der Waals surface area contributed by atoms with Crippen LogP contribution in [0, 0.1) is 0 Å². The summed E-state index contributed by atoms with van der Waals surface area (Å²) in [5, 5.41) is 0. The van der Waals surface area contributed by atoms with Crippen LogP contribution >= 0.6 is 0 Å². The number of ether oxygens (including phenoxy) is 2. The van der Waals surface area contributed by atoms with Crippen LogP contribution in [-0.2, 0) is 9.53 Å². The average molecular weight is 312 g/mol. The Balaban J connectivity index is 2.57. The smallest absolute Gasteiger partial charge is 0.333 e. The van der Waals surface area contributed by atoms with Crippen LogP contribution in [0.25, 0.3) is 5.57 Å². The summed E-state index contributed by atoms with van der Waals surface area (Å²) in [5.41, 5.74) is 3.49. The molecule has 0 aliphatic heterocycles. The van der Waals surface area contributed by atoms with E-state index in [2.05, 4.69) is 13.2 Å². The molecule has 0 unspecified atom stereocenters. The third-order valence-corrected chi connectivity index (χ3v) is 3.24. The average Bonchev–Trinajstić information content (AvgIpc) is 2.55. The van der Waals surface area contributed by atoms with Crippen molar-refractivity contribution < 1.29 is 14.3 Å². The molecule has 0 aliphatic carbocycles. The predicted octanol–water partition coefficient (Wildman–Crippen LogP) is 4.72. The lowest BCUT2D eigenvalue weighted by molar-refractivity contribution is -0.138. The summed E-state index contributed by atoms with van der Waals surface area (Å²) >= 11 is 0. The van der Waals surface area contributed by atoms with Crippen LogP contribution in [-0.4, -0.2) is 19.7 Å². The molecule has 0 fully saturated rings. The molecule has 1 aromatic carbocycles. The fourth-order valence-electron chi connectivity index (χ4n) is 1.83. The maximum atomic E-state index is 11.3. The Kier molecular flexibility index (Phi) is 7.61. The highest BCUT2D eigenvalue weighted by Gasteiger charge is 2.02.